The zero-order valence-corrected chi connectivity index (χ0v) is 21.9. The number of rotatable bonds is 10. The van der Waals surface area contributed by atoms with Gasteiger partial charge in [-0.2, -0.15) is 8.42 Å². The van der Waals surface area contributed by atoms with Crippen LogP contribution in [-0.4, -0.2) is 43.1 Å². The second-order valence-electron chi connectivity index (χ2n) is 8.62. The molecule has 4 rings (SSSR count). The molecule has 2 atom stereocenters. The Balaban J connectivity index is 1.48. The fourth-order valence-corrected chi connectivity index (χ4v) is 5.46. The molecule has 1 fully saturated rings. The summed E-state index contributed by atoms with van der Waals surface area (Å²) in [6.07, 6.45) is 4.89. The van der Waals surface area contributed by atoms with E-state index in [0.717, 1.165) is 23.2 Å². The Kier molecular flexibility index (Phi) is 8.20. The Morgan fingerprint density at radius 2 is 1.97 bits per heavy atom. The van der Waals surface area contributed by atoms with Gasteiger partial charge in [-0.05, 0) is 49.6 Å². The standard InChI is InChI=1S/C25H28Cl2N2O5S/c1-3-21-13-28-17-29(21)16-25(11-10-19-6-7-20(26)12-24(19)27)32-14-22(34-25)15-33-35(30,31)23-8-4-18(2)5-9-23/h4-9,12-13,17,22H,3,10-11,14-16H2,1-2H3/t22-,25-/m0/s1. The van der Waals surface area contributed by atoms with Gasteiger partial charge in [0.1, 0.15) is 6.10 Å². The first-order chi connectivity index (χ1) is 16.7. The van der Waals surface area contributed by atoms with E-state index in [0.29, 0.717) is 29.4 Å². The molecule has 7 nitrogen and oxygen atoms in total. The molecule has 188 valence electrons. The van der Waals surface area contributed by atoms with Gasteiger partial charge in [-0.3, -0.25) is 4.18 Å². The van der Waals surface area contributed by atoms with Crippen LogP contribution in [0.25, 0.3) is 0 Å². The molecule has 2 aromatic carbocycles. The van der Waals surface area contributed by atoms with Crippen molar-refractivity contribution in [2.75, 3.05) is 13.2 Å². The predicted molar refractivity (Wildman–Crippen MR) is 134 cm³/mol. The summed E-state index contributed by atoms with van der Waals surface area (Å²) >= 11 is 12.4. The van der Waals surface area contributed by atoms with Gasteiger partial charge >= 0.3 is 0 Å². The first kappa shape index (κ1) is 26.1. The third-order valence-electron chi connectivity index (χ3n) is 5.99. The maximum absolute atomic E-state index is 12.6. The summed E-state index contributed by atoms with van der Waals surface area (Å²) in [4.78, 5) is 4.36. The van der Waals surface area contributed by atoms with Gasteiger partial charge in [0.25, 0.3) is 10.1 Å². The minimum atomic E-state index is -3.91. The second kappa shape index (κ2) is 11.0. The fraction of sp³-hybridized carbons (Fsp3) is 0.400. The van der Waals surface area contributed by atoms with Crippen LogP contribution in [0, 0.1) is 6.92 Å². The third-order valence-corrected chi connectivity index (χ3v) is 7.88. The normalized spacial score (nSPS) is 20.4. The van der Waals surface area contributed by atoms with E-state index >= 15 is 0 Å². The van der Waals surface area contributed by atoms with Crippen LogP contribution in [0.5, 0.6) is 0 Å². The maximum Gasteiger partial charge on any atom is 0.297 e. The predicted octanol–water partition coefficient (Wildman–Crippen LogP) is 5.21. The Labute approximate surface area is 216 Å². The highest BCUT2D eigenvalue weighted by Gasteiger charge is 2.42. The number of hydrogen-bond donors (Lipinski definition) is 0. The minimum absolute atomic E-state index is 0.108. The highest BCUT2D eigenvalue weighted by atomic mass is 35.5. The van der Waals surface area contributed by atoms with Crippen molar-refractivity contribution < 1.29 is 22.1 Å². The van der Waals surface area contributed by atoms with E-state index in [1.54, 1.807) is 30.6 Å². The molecule has 0 N–H and O–H groups in total. The summed E-state index contributed by atoms with van der Waals surface area (Å²) in [5.74, 6) is -0.991. The zero-order chi connectivity index (χ0) is 25.1. The average Bonchev–Trinajstić information content (AvgIpc) is 3.44. The molecular formula is C25H28Cl2N2O5S. The van der Waals surface area contributed by atoms with E-state index in [4.69, 9.17) is 36.9 Å². The van der Waals surface area contributed by atoms with E-state index < -0.39 is 22.0 Å². The number of aromatic nitrogens is 2. The lowest BCUT2D eigenvalue weighted by Gasteiger charge is -2.29. The monoisotopic (exact) mass is 538 g/mol. The van der Waals surface area contributed by atoms with Gasteiger partial charge in [-0.1, -0.05) is 53.9 Å². The molecule has 10 heteroatoms. The summed E-state index contributed by atoms with van der Waals surface area (Å²) in [5, 5.41) is 1.14. The van der Waals surface area contributed by atoms with Crippen LogP contribution in [0.4, 0.5) is 0 Å². The molecule has 0 radical (unpaired) electrons. The number of ether oxygens (including phenoxy) is 2. The maximum atomic E-state index is 12.6. The SMILES string of the molecule is CCc1cncn1C[C@@]1(CCc2ccc(Cl)cc2Cl)OC[C@@H](COS(=O)(=O)c2ccc(C)cc2)O1. The van der Waals surface area contributed by atoms with Crippen molar-refractivity contribution in [2.45, 2.75) is 56.4 Å². The van der Waals surface area contributed by atoms with Gasteiger partial charge in [-0.25, -0.2) is 4.98 Å². The van der Waals surface area contributed by atoms with Gasteiger partial charge in [0.15, 0.2) is 5.79 Å². The average molecular weight is 539 g/mol. The van der Waals surface area contributed by atoms with Crippen LogP contribution in [0.15, 0.2) is 59.9 Å². The lowest BCUT2D eigenvalue weighted by Crippen LogP contribution is -2.38. The Hall–Kier alpha value is -1.94. The van der Waals surface area contributed by atoms with E-state index in [1.807, 2.05) is 23.8 Å². The van der Waals surface area contributed by atoms with E-state index in [1.165, 1.54) is 12.1 Å². The lowest BCUT2D eigenvalue weighted by atomic mass is 10.0. The summed E-state index contributed by atoms with van der Waals surface area (Å²) < 4.78 is 45.1. The van der Waals surface area contributed by atoms with E-state index in [2.05, 4.69) is 11.9 Å². The molecule has 35 heavy (non-hydrogen) atoms. The Morgan fingerprint density at radius 1 is 1.20 bits per heavy atom. The topological polar surface area (TPSA) is 79.7 Å². The smallest absolute Gasteiger partial charge is 0.297 e. The van der Waals surface area contributed by atoms with Gasteiger partial charge in [0, 0.05) is 28.4 Å². The van der Waals surface area contributed by atoms with Crippen LogP contribution >= 0.6 is 23.2 Å². The molecule has 1 aliphatic rings. The summed E-state index contributed by atoms with van der Waals surface area (Å²) in [6.45, 7) is 4.40. The van der Waals surface area contributed by atoms with Crippen molar-refractivity contribution in [3.05, 3.63) is 81.9 Å². The number of halogens is 2. The second-order valence-corrected chi connectivity index (χ2v) is 11.1. The molecule has 0 saturated carbocycles. The highest BCUT2D eigenvalue weighted by molar-refractivity contribution is 7.86. The van der Waals surface area contributed by atoms with Crippen molar-refractivity contribution >= 4 is 33.3 Å². The van der Waals surface area contributed by atoms with Crippen molar-refractivity contribution in [3.8, 4) is 0 Å². The zero-order valence-electron chi connectivity index (χ0n) is 19.6. The number of hydrogen-bond acceptors (Lipinski definition) is 6. The van der Waals surface area contributed by atoms with Crippen molar-refractivity contribution in [2.24, 2.45) is 0 Å². The van der Waals surface area contributed by atoms with Crippen molar-refractivity contribution in [1.82, 2.24) is 9.55 Å². The first-order valence-corrected chi connectivity index (χ1v) is 13.6. The Bertz CT molecular complexity index is 1260. The summed E-state index contributed by atoms with van der Waals surface area (Å²) in [7, 11) is -3.91. The summed E-state index contributed by atoms with van der Waals surface area (Å²) in [5.41, 5.74) is 2.93. The molecule has 2 heterocycles. The largest absolute Gasteiger partial charge is 0.345 e. The molecule has 1 aliphatic heterocycles. The number of benzene rings is 2. The quantitative estimate of drug-likeness (QED) is 0.329. The van der Waals surface area contributed by atoms with Crippen molar-refractivity contribution in [3.63, 3.8) is 0 Å². The number of aryl methyl sites for hydroxylation is 3. The third kappa shape index (κ3) is 6.44. The van der Waals surface area contributed by atoms with Crippen molar-refractivity contribution in [1.29, 1.82) is 0 Å². The Morgan fingerprint density at radius 3 is 2.69 bits per heavy atom. The van der Waals surface area contributed by atoms with Crippen LogP contribution in [-0.2, 0) is 43.2 Å². The van der Waals surface area contributed by atoms with Crippen LogP contribution in [0.3, 0.4) is 0 Å². The van der Waals surface area contributed by atoms with Crippen LogP contribution < -0.4 is 0 Å². The molecular weight excluding hydrogens is 511 g/mol. The highest BCUT2D eigenvalue weighted by Crippen LogP contribution is 2.33. The first-order valence-electron chi connectivity index (χ1n) is 11.4. The molecule has 1 saturated heterocycles. The molecule has 1 aromatic heterocycles. The molecule has 0 unspecified atom stereocenters. The number of nitrogens with zero attached hydrogens (tertiary/aromatic N) is 2. The van der Waals surface area contributed by atoms with E-state index in [9.17, 15) is 8.42 Å². The molecule has 3 aromatic rings. The minimum Gasteiger partial charge on any atom is -0.345 e. The molecule has 0 aliphatic carbocycles. The lowest BCUT2D eigenvalue weighted by molar-refractivity contribution is -0.184. The van der Waals surface area contributed by atoms with E-state index in [-0.39, 0.29) is 18.1 Å². The van der Waals surface area contributed by atoms with Gasteiger partial charge in [0.2, 0.25) is 0 Å². The fourth-order valence-electron chi connectivity index (χ4n) is 4.02. The molecule has 0 spiro atoms. The summed E-state index contributed by atoms with van der Waals surface area (Å²) in [6, 6.07) is 11.9. The van der Waals surface area contributed by atoms with Gasteiger partial charge in [0.05, 0.1) is 31.0 Å². The van der Waals surface area contributed by atoms with Gasteiger partial charge in [-0.15, -0.1) is 0 Å². The van der Waals surface area contributed by atoms with Gasteiger partial charge < -0.3 is 14.0 Å². The number of imidazole rings is 1. The molecule has 0 amide bonds. The van der Waals surface area contributed by atoms with Crippen LogP contribution in [0.1, 0.15) is 30.2 Å². The molecule has 0 bridgehead atoms. The van der Waals surface area contributed by atoms with Crippen LogP contribution in [0.2, 0.25) is 10.0 Å².